The van der Waals surface area contributed by atoms with Gasteiger partial charge in [-0.3, -0.25) is 4.79 Å². The Balaban J connectivity index is 1.69. The summed E-state index contributed by atoms with van der Waals surface area (Å²) in [7, 11) is 1.44. The lowest BCUT2D eigenvalue weighted by Crippen LogP contribution is -2.40. The summed E-state index contributed by atoms with van der Waals surface area (Å²) in [4.78, 5) is 24.2. The zero-order chi connectivity index (χ0) is 18.5. The number of aliphatic imine (C=N–C) groups is 1. The second-order valence-corrected chi connectivity index (χ2v) is 7.25. The minimum atomic E-state index is -0.159. The molecule has 0 aliphatic carbocycles. The lowest BCUT2D eigenvalue weighted by Gasteiger charge is -2.21. The number of nitrogens with zero attached hydrogens (tertiary/aromatic N) is 3. The van der Waals surface area contributed by atoms with Gasteiger partial charge in [0.05, 0.1) is 24.4 Å². The summed E-state index contributed by atoms with van der Waals surface area (Å²) < 4.78 is 10.5. The molecule has 2 unspecified atom stereocenters. The Morgan fingerprint density at radius 2 is 2.38 bits per heavy atom. The fourth-order valence-electron chi connectivity index (χ4n) is 3.07. The Kier molecular flexibility index (Phi) is 5.92. The molecular formula is C18H24N4O3S. The maximum Gasteiger partial charge on any atom is 0.310 e. The standard InChI is InChI=1S/C18H24N4O3S/c1-4-19-18(22-9-12(2)14(10-22)17(23)24-3)20-8-13-11-25-16(21-13)15-6-5-7-26-15/h5-7,11-12,14H,4,8-10H2,1-3H3,(H,19,20). The van der Waals surface area contributed by atoms with Crippen LogP contribution in [0.4, 0.5) is 0 Å². The molecule has 2 aromatic heterocycles. The number of likely N-dealkylation sites (tertiary alicyclic amines) is 1. The lowest BCUT2D eigenvalue weighted by molar-refractivity contribution is -0.145. The monoisotopic (exact) mass is 376 g/mol. The van der Waals surface area contributed by atoms with E-state index in [-0.39, 0.29) is 17.8 Å². The van der Waals surface area contributed by atoms with E-state index in [1.165, 1.54) is 7.11 Å². The maximum absolute atomic E-state index is 11.9. The van der Waals surface area contributed by atoms with Crippen LogP contribution >= 0.6 is 11.3 Å². The van der Waals surface area contributed by atoms with Crippen LogP contribution in [0.1, 0.15) is 19.5 Å². The van der Waals surface area contributed by atoms with Crippen molar-refractivity contribution in [3.05, 3.63) is 29.5 Å². The first-order chi connectivity index (χ1) is 12.6. The quantitative estimate of drug-likeness (QED) is 0.491. The van der Waals surface area contributed by atoms with E-state index < -0.39 is 0 Å². The van der Waals surface area contributed by atoms with Crippen LogP contribution in [0.25, 0.3) is 10.8 Å². The molecule has 0 amide bonds. The van der Waals surface area contributed by atoms with Crippen LogP contribution in [-0.2, 0) is 16.1 Å². The van der Waals surface area contributed by atoms with E-state index in [9.17, 15) is 4.79 Å². The number of thiophene rings is 1. The maximum atomic E-state index is 11.9. The summed E-state index contributed by atoms with van der Waals surface area (Å²) in [6.45, 7) is 6.65. The predicted octanol–water partition coefficient (Wildman–Crippen LogP) is 2.61. The third kappa shape index (κ3) is 4.07. The summed E-state index contributed by atoms with van der Waals surface area (Å²) >= 11 is 1.59. The highest BCUT2D eigenvalue weighted by molar-refractivity contribution is 7.13. The molecule has 3 heterocycles. The smallest absolute Gasteiger partial charge is 0.310 e. The van der Waals surface area contributed by atoms with Gasteiger partial charge in [0.15, 0.2) is 5.96 Å². The van der Waals surface area contributed by atoms with Crippen molar-refractivity contribution < 1.29 is 13.9 Å². The lowest BCUT2D eigenvalue weighted by atomic mass is 9.99. The third-order valence-electron chi connectivity index (χ3n) is 4.43. The fraction of sp³-hybridized carbons (Fsp3) is 0.500. The molecule has 1 fully saturated rings. The van der Waals surface area contributed by atoms with Crippen LogP contribution in [0, 0.1) is 11.8 Å². The molecule has 0 radical (unpaired) electrons. The van der Waals surface area contributed by atoms with E-state index in [4.69, 9.17) is 9.15 Å². The van der Waals surface area contributed by atoms with Crippen molar-refractivity contribution >= 4 is 23.3 Å². The van der Waals surface area contributed by atoms with Crippen molar-refractivity contribution in [3.63, 3.8) is 0 Å². The van der Waals surface area contributed by atoms with Gasteiger partial charge in [-0.15, -0.1) is 11.3 Å². The van der Waals surface area contributed by atoms with Crippen molar-refractivity contribution in [1.82, 2.24) is 15.2 Å². The molecule has 3 rings (SSSR count). The molecule has 0 bridgehead atoms. The SMILES string of the molecule is CCNC(=NCc1coc(-c2cccs2)n1)N1CC(C)C(C(=O)OC)C1. The topological polar surface area (TPSA) is 80.0 Å². The second kappa shape index (κ2) is 8.35. The number of oxazole rings is 1. The molecule has 2 aromatic rings. The second-order valence-electron chi connectivity index (χ2n) is 6.30. The Hall–Kier alpha value is -2.35. The average molecular weight is 376 g/mol. The number of guanidine groups is 1. The molecule has 1 N–H and O–H groups in total. The molecule has 7 nitrogen and oxygen atoms in total. The van der Waals surface area contributed by atoms with Crippen molar-refractivity contribution in [2.24, 2.45) is 16.8 Å². The van der Waals surface area contributed by atoms with Crippen LogP contribution in [-0.4, -0.2) is 48.6 Å². The van der Waals surface area contributed by atoms with Gasteiger partial charge in [-0.1, -0.05) is 13.0 Å². The number of carbonyl (C=O) groups excluding carboxylic acids is 1. The molecule has 0 saturated carbocycles. The number of methoxy groups -OCH3 is 1. The van der Waals surface area contributed by atoms with Crippen molar-refractivity contribution in [2.75, 3.05) is 26.7 Å². The number of hydrogen-bond donors (Lipinski definition) is 1. The van der Waals surface area contributed by atoms with Crippen LogP contribution in [0.5, 0.6) is 0 Å². The van der Waals surface area contributed by atoms with E-state index in [1.807, 2.05) is 24.4 Å². The summed E-state index contributed by atoms with van der Waals surface area (Å²) in [5.74, 6) is 1.35. The third-order valence-corrected chi connectivity index (χ3v) is 5.28. The van der Waals surface area contributed by atoms with Crippen molar-refractivity contribution in [1.29, 1.82) is 0 Å². The van der Waals surface area contributed by atoms with E-state index >= 15 is 0 Å². The summed E-state index contributed by atoms with van der Waals surface area (Å²) in [6.07, 6.45) is 1.64. The number of aromatic nitrogens is 1. The number of carbonyl (C=O) groups is 1. The molecule has 0 aromatic carbocycles. The van der Waals surface area contributed by atoms with Gasteiger partial charge in [-0.25, -0.2) is 9.98 Å². The van der Waals surface area contributed by atoms with Gasteiger partial charge < -0.3 is 19.4 Å². The number of rotatable bonds is 5. The summed E-state index contributed by atoms with van der Waals surface area (Å²) in [6, 6.07) is 3.95. The van der Waals surface area contributed by atoms with E-state index in [0.29, 0.717) is 19.0 Å². The van der Waals surface area contributed by atoms with Gasteiger partial charge in [0.25, 0.3) is 0 Å². The first-order valence-corrected chi connectivity index (χ1v) is 9.59. The van der Waals surface area contributed by atoms with E-state index in [1.54, 1.807) is 17.6 Å². The molecule has 140 valence electrons. The first kappa shape index (κ1) is 18.4. The minimum absolute atomic E-state index is 0.124. The van der Waals surface area contributed by atoms with Gasteiger partial charge in [0.1, 0.15) is 12.0 Å². The number of ether oxygens (including phenoxy) is 1. The Morgan fingerprint density at radius 1 is 1.54 bits per heavy atom. The van der Waals surface area contributed by atoms with Gasteiger partial charge >= 0.3 is 5.97 Å². The average Bonchev–Trinajstić information content (AvgIpc) is 3.38. The molecule has 8 heteroatoms. The fourth-order valence-corrected chi connectivity index (χ4v) is 3.73. The first-order valence-electron chi connectivity index (χ1n) is 8.71. The van der Waals surface area contributed by atoms with Crippen molar-refractivity contribution in [3.8, 4) is 10.8 Å². The number of esters is 1. The molecular weight excluding hydrogens is 352 g/mol. The zero-order valence-electron chi connectivity index (χ0n) is 15.3. The summed E-state index contributed by atoms with van der Waals surface area (Å²) in [5, 5.41) is 5.29. The molecule has 2 atom stereocenters. The van der Waals surface area contributed by atoms with Crippen molar-refractivity contribution in [2.45, 2.75) is 20.4 Å². The molecule has 1 saturated heterocycles. The predicted molar refractivity (Wildman–Crippen MR) is 101 cm³/mol. The van der Waals surface area contributed by atoms with Crippen LogP contribution < -0.4 is 5.32 Å². The van der Waals surface area contributed by atoms with Crippen LogP contribution in [0.3, 0.4) is 0 Å². The molecule has 1 aliphatic heterocycles. The summed E-state index contributed by atoms with van der Waals surface area (Å²) in [5.41, 5.74) is 0.778. The zero-order valence-corrected chi connectivity index (χ0v) is 16.1. The highest BCUT2D eigenvalue weighted by Crippen LogP contribution is 2.25. The van der Waals surface area contributed by atoms with Gasteiger partial charge in [0.2, 0.25) is 5.89 Å². The number of hydrogen-bond acceptors (Lipinski definition) is 6. The highest BCUT2D eigenvalue weighted by atomic mass is 32.1. The van der Waals surface area contributed by atoms with Gasteiger partial charge in [0, 0.05) is 19.6 Å². The van der Waals surface area contributed by atoms with E-state index in [0.717, 1.165) is 29.6 Å². The molecule has 1 aliphatic rings. The van der Waals surface area contributed by atoms with Crippen LogP contribution in [0.2, 0.25) is 0 Å². The Bertz CT molecular complexity index is 756. The Labute approximate surface area is 157 Å². The molecule has 0 spiro atoms. The Morgan fingerprint density at radius 3 is 3.08 bits per heavy atom. The largest absolute Gasteiger partial charge is 0.469 e. The van der Waals surface area contributed by atoms with E-state index in [2.05, 4.69) is 27.1 Å². The minimum Gasteiger partial charge on any atom is -0.469 e. The highest BCUT2D eigenvalue weighted by Gasteiger charge is 2.36. The normalized spacial score (nSPS) is 20.4. The van der Waals surface area contributed by atoms with Gasteiger partial charge in [-0.2, -0.15) is 0 Å². The molecule has 26 heavy (non-hydrogen) atoms. The van der Waals surface area contributed by atoms with Crippen LogP contribution in [0.15, 0.2) is 33.2 Å². The number of nitrogens with one attached hydrogen (secondary N) is 1. The van der Waals surface area contributed by atoms with Gasteiger partial charge in [-0.05, 0) is 24.3 Å².